The molecule has 0 N–H and O–H groups in total. The lowest BCUT2D eigenvalue weighted by molar-refractivity contribution is 0.649. The Morgan fingerprint density at radius 2 is 0.500 bits per heavy atom. The van der Waals surface area contributed by atoms with Crippen molar-refractivity contribution in [2.75, 3.05) is 4.90 Å². The van der Waals surface area contributed by atoms with Crippen LogP contribution in [-0.2, 0) is 11.8 Å². The highest BCUT2D eigenvalue weighted by molar-refractivity contribution is 5.87. The van der Waals surface area contributed by atoms with Gasteiger partial charge in [0.2, 0.25) is 0 Å². The summed E-state index contributed by atoms with van der Waals surface area (Å²) in [5.74, 6) is 0.237. The number of nitrogens with zero attached hydrogens (tertiary/aromatic N) is 1. The van der Waals surface area contributed by atoms with Gasteiger partial charge in [-0.3, -0.25) is 0 Å². The lowest BCUT2D eigenvalue weighted by Gasteiger charge is -2.28. The molecule has 1 aliphatic rings. The number of hydrogen-bond acceptors (Lipinski definition) is 1. The fourth-order valence-electron chi connectivity index (χ4n) is 13.9. The highest BCUT2D eigenvalue weighted by atomic mass is 15.1. The summed E-state index contributed by atoms with van der Waals surface area (Å²) >= 11 is 0. The smallest absolute Gasteiger partial charge is 0.0465 e. The van der Waals surface area contributed by atoms with Crippen molar-refractivity contribution in [3.8, 4) is 100 Å². The largest absolute Gasteiger partial charge is 0.310 e. The van der Waals surface area contributed by atoms with Crippen LogP contribution in [0.4, 0.5) is 17.1 Å². The number of aryl methyl sites for hydroxylation is 1. The van der Waals surface area contributed by atoms with E-state index in [9.17, 15) is 0 Å². The van der Waals surface area contributed by atoms with Crippen molar-refractivity contribution in [3.63, 3.8) is 0 Å². The molecule has 92 heavy (non-hydrogen) atoms. The highest BCUT2D eigenvalue weighted by Gasteiger charge is 2.36. The van der Waals surface area contributed by atoms with Crippen LogP contribution in [0, 0.1) is 0 Å². The van der Waals surface area contributed by atoms with Gasteiger partial charge >= 0.3 is 0 Å². The minimum atomic E-state index is -0.219. The fraction of sp³-hybridized carbons (Fsp3) is 0.0769. The van der Waals surface area contributed by atoms with Crippen LogP contribution >= 0.6 is 0 Å². The van der Waals surface area contributed by atoms with E-state index < -0.39 is 0 Å². The van der Waals surface area contributed by atoms with Crippen LogP contribution in [0.5, 0.6) is 0 Å². The molecule has 1 aliphatic carbocycles. The van der Waals surface area contributed by atoms with Gasteiger partial charge in [0.05, 0.1) is 0 Å². The minimum absolute atomic E-state index is 0.219. The summed E-state index contributed by atoms with van der Waals surface area (Å²) in [6.45, 7) is 4.84. The predicted molar refractivity (Wildman–Crippen MR) is 390 cm³/mol. The molecule has 0 saturated carbocycles. The van der Waals surface area contributed by atoms with Gasteiger partial charge in [0.15, 0.2) is 0 Å². The van der Waals surface area contributed by atoms with Crippen molar-refractivity contribution in [1.82, 2.24) is 0 Å². The molecule has 15 rings (SSSR count). The molecule has 0 bridgehead atoms. The molecule has 1 nitrogen and oxygen atoms in total. The summed E-state index contributed by atoms with van der Waals surface area (Å²) in [6, 6.07) is 130. The second kappa shape index (κ2) is 25.4. The summed E-state index contributed by atoms with van der Waals surface area (Å²) in [7, 11) is 0. The number of anilines is 3. The van der Waals surface area contributed by atoms with Crippen LogP contribution in [0.3, 0.4) is 0 Å². The van der Waals surface area contributed by atoms with E-state index in [0.29, 0.717) is 0 Å². The van der Waals surface area contributed by atoms with Crippen LogP contribution in [-0.4, -0.2) is 0 Å². The van der Waals surface area contributed by atoms with Crippen LogP contribution in [0.1, 0.15) is 60.4 Å². The molecule has 0 fully saturated rings. The normalized spacial score (nSPS) is 12.1. The van der Waals surface area contributed by atoms with E-state index in [1.54, 1.807) is 0 Å². The summed E-state index contributed by atoms with van der Waals surface area (Å²) < 4.78 is 0. The highest BCUT2D eigenvalue weighted by Crippen LogP contribution is 2.51. The van der Waals surface area contributed by atoms with Gasteiger partial charge in [0.25, 0.3) is 0 Å². The van der Waals surface area contributed by atoms with E-state index in [1.807, 2.05) is 0 Å². The topological polar surface area (TPSA) is 3.24 Å². The van der Waals surface area contributed by atoms with Crippen molar-refractivity contribution in [3.05, 3.63) is 380 Å². The predicted octanol–water partition coefficient (Wildman–Crippen LogP) is 25.0. The van der Waals surface area contributed by atoms with Crippen LogP contribution in [0.15, 0.2) is 352 Å². The molecule has 14 aromatic rings. The number of benzene rings is 14. The summed E-state index contributed by atoms with van der Waals surface area (Å²) in [5.41, 5.74) is 32.1. The maximum absolute atomic E-state index is 2.52. The van der Waals surface area contributed by atoms with E-state index in [2.05, 4.69) is 371 Å². The Morgan fingerprint density at radius 1 is 0.250 bits per heavy atom. The van der Waals surface area contributed by atoms with Crippen molar-refractivity contribution < 1.29 is 0 Å². The fourth-order valence-corrected chi connectivity index (χ4v) is 13.9. The van der Waals surface area contributed by atoms with Gasteiger partial charge in [-0.05, 0) is 184 Å². The molecule has 0 aliphatic heterocycles. The molecule has 0 saturated heterocycles. The average molecular weight is 1180 g/mol. The first-order valence-electron chi connectivity index (χ1n) is 32.4. The van der Waals surface area contributed by atoms with Gasteiger partial charge in [-0.25, -0.2) is 0 Å². The Kier molecular flexibility index (Phi) is 15.8. The van der Waals surface area contributed by atoms with Gasteiger partial charge in [-0.2, -0.15) is 0 Å². The second-order valence-corrected chi connectivity index (χ2v) is 25.1. The molecule has 0 unspecified atom stereocenters. The molecule has 0 spiro atoms. The zero-order valence-corrected chi connectivity index (χ0v) is 52.1. The van der Waals surface area contributed by atoms with Gasteiger partial charge < -0.3 is 4.90 Å². The molecule has 1 heteroatoms. The molecule has 0 amide bonds. The lowest BCUT2D eigenvalue weighted by Crippen LogP contribution is -2.17. The number of fused-ring (bicyclic) bond motifs is 3. The molecule has 440 valence electrons. The molecule has 0 aromatic heterocycles. The maximum atomic E-state index is 2.52. The first-order valence-corrected chi connectivity index (χ1v) is 32.4. The molecular formula is C91H71N. The van der Waals surface area contributed by atoms with E-state index in [0.717, 1.165) is 36.3 Å². The molecule has 0 atom stereocenters. The summed E-state index contributed by atoms with van der Waals surface area (Å²) in [6.07, 6.45) is 3.07. The van der Waals surface area contributed by atoms with Crippen molar-refractivity contribution in [2.24, 2.45) is 0 Å². The van der Waals surface area contributed by atoms with Gasteiger partial charge in [-0.15, -0.1) is 0 Å². The average Bonchev–Trinajstić information content (AvgIpc) is 1.57. The van der Waals surface area contributed by atoms with Gasteiger partial charge in [0, 0.05) is 28.4 Å². The molecule has 0 radical (unpaired) electrons. The van der Waals surface area contributed by atoms with Crippen molar-refractivity contribution in [2.45, 2.75) is 44.4 Å². The Morgan fingerprint density at radius 3 is 0.815 bits per heavy atom. The molecule has 14 aromatic carbocycles. The SMILES string of the molecule is CC1(C)c2cc(CCCC(c3ccc(-c4ccc(-c5ccccc5)cc4)cc3)c3ccc(-c4ccc(-c5ccccc5)cc4)cc3)ccc2-c2ccc(N(c3ccc(-c4ccc(-c5ccccc5)cc4)cc3)c3ccc(-c4ccc(-c5ccccc5)cc4)cc3)cc21. The summed E-state index contributed by atoms with van der Waals surface area (Å²) in [5, 5.41) is 0. The molecular weight excluding hydrogens is 1110 g/mol. The third-order valence-electron chi connectivity index (χ3n) is 19.1. The van der Waals surface area contributed by atoms with E-state index in [4.69, 9.17) is 0 Å². The van der Waals surface area contributed by atoms with Crippen LogP contribution < -0.4 is 4.90 Å². The lowest BCUT2D eigenvalue weighted by atomic mass is 9.81. The zero-order valence-electron chi connectivity index (χ0n) is 52.1. The number of rotatable bonds is 17. The minimum Gasteiger partial charge on any atom is -0.310 e. The third-order valence-corrected chi connectivity index (χ3v) is 19.1. The Labute approximate surface area is 542 Å². The first kappa shape index (κ1) is 57.3. The van der Waals surface area contributed by atoms with Crippen LogP contribution in [0.25, 0.3) is 100 Å². The standard InChI is InChI=1S/C91H71N/c1-91(2)89-62-64(16-15-25-86(81-47-43-77(44-48-81)73-35-27-69(28-36-73)65-17-7-3-8-18-65)82-49-45-78(46-50-82)74-37-29-70(30-38-74)66-19-9-4-10-20-66)26-60-87(89)88-61-59-85(63-90(88)91)92(83-55-51-79(52-56-83)75-39-31-71(32-40-75)67-21-11-5-12-22-67)84-57-53-80(54-58-84)76-41-33-72(34-42-76)68-23-13-6-14-24-68/h3-14,17-24,26-63,86H,15-16,25H2,1-2H3. The monoisotopic (exact) mass is 1180 g/mol. The second-order valence-electron chi connectivity index (χ2n) is 25.1. The Bertz CT molecular complexity index is 4530. The van der Waals surface area contributed by atoms with Crippen molar-refractivity contribution in [1.29, 1.82) is 0 Å². The zero-order chi connectivity index (χ0) is 61.8. The van der Waals surface area contributed by atoms with Gasteiger partial charge in [0.1, 0.15) is 0 Å². The van der Waals surface area contributed by atoms with E-state index in [1.165, 1.54) is 128 Å². The summed E-state index contributed by atoms with van der Waals surface area (Å²) in [4.78, 5) is 2.43. The van der Waals surface area contributed by atoms with Gasteiger partial charge in [-0.1, -0.05) is 329 Å². The van der Waals surface area contributed by atoms with Crippen LogP contribution in [0.2, 0.25) is 0 Å². The van der Waals surface area contributed by atoms with E-state index in [-0.39, 0.29) is 11.3 Å². The van der Waals surface area contributed by atoms with Crippen molar-refractivity contribution >= 4 is 17.1 Å². The van der Waals surface area contributed by atoms with E-state index >= 15 is 0 Å². The molecule has 0 heterocycles. The maximum Gasteiger partial charge on any atom is 0.0465 e. The number of hydrogen-bond donors (Lipinski definition) is 0. The third kappa shape index (κ3) is 11.9. The first-order chi connectivity index (χ1) is 45.3. The Hall–Kier alpha value is -11.1. The quantitative estimate of drug-likeness (QED) is 0.0878. The Balaban J connectivity index is 0.697.